The molecule has 2 N–H and O–H groups in total. The number of aromatic nitrogens is 1. The number of hydrogen-bond acceptors (Lipinski definition) is 2. The van der Waals surface area contributed by atoms with Crippen molar-refractivity contribution in [2.75, 3.05) is 0 Å². The molecule has 0 radical (unpaired) electrons. The fourth-order valence-corrected chi connectivity index (χ4v) is 2.25. The van der Waals surface area contributed by atoms with E-state index in [0.29, 0.717) is 10.0 Å². The van der Waals surface area contributed by atoms with Crippen molar-refractivity contribution in [1.29, 1.82) is 0 Å². The number of nitrogens with two attached hydrogens (primary N) is 1. The van der Waals surface area contributed by atoms with Crippen LogP contribution in [0.4, 0.5) is 0 Å². The van der Waals surface area contributed by atoms with Gasteiger partial charge in [-0.25, -0.2) is 0 Å². The maximum absolute atomic E-state index is 6.24. The van der Waals surface area contributed by atoms with Crippen LogP contribution in [-0.4, -0.2) is 4.98 Å². The zero-order valence-electron chi connectivity index (χ0n) is 10.2. The van der Waals surface area contributed by atoms with Gasteiger partial charge in [0.05, 0.1) is 16.1 Å². The molecule has 0 aliphatic carbocycles. The molecule has 1 unspecified atom stereocenters. The Morgan fingerprint density at radius 1 is 0.944 bits per heavy atom. The third-order valence-corrected chi connectivity index (χ3v) is 3.50. The van der Waals surface area contributed by atoms with E-state index >= 15 is 0 Å². The molecule has 2 rings (SSSR count). The van der Waals surface area contributed by atoms with Gasteiger partial charge in [0.2, 0.25) is 0 Å². The highest BCUT2D eigenvalue weighted by atomic mass is 35.5. The first-order chi connectivity index (χ1) is 8.47. The molecule has 4 heteroatoms. The van der Waals surface area contributed by atoms with Crippen molar-refractivity contribution in [3.8, 4) is 0 Å². The molecule has 0 aliphatic rings. The third-order valence-electron chi connectivity index (χ3n) is 2.77. The Hall–Kier alpha value is -1.09. The van der Waals surface area contributed by atoms with Crippen molar-refractivity contribution in [2.24, 2.45) is 5.73 Å². The smallest absolute Gasteiger partial charge is 0.0595 e. The second kappa shape index (κ2) is 5.27. The van der Waals surface area contributed by atoms with Gasteiger partial charge in [0.1, 0.15) is 0 Å². The number of rotatable bonds is 2. The van der Waals surface area contributed by atoms with E-state index in [-0.39, 0.29) is 6.04 Å². The summed E-state index contributed by atoms with van der Waals surface area (Å²) in [6.07, 6.45) is 0. The van der Waals surface area contributed by atoms with Crippen molar-refractivity contribution in [3.63, 3.8) is 0 Å². The van der Waals surface area contributed by atoms with Crippen LogP contribution in [0.3, 0.4) is 0 Å². The highest BCUT2D eigenvalue weighted by molar-refractivity contribution is 6.42. The minimum atomic E-state index is -0.222. The Balaban J connectivity index is 2.40. The Morgan fingerprint density at radius 2 is 1.56 bits per heavy atom. The molecule has 18 heavy (non-hydrogen) atoms. The molecule has 0 fully saturated rings. The molecular formula is C14H14Cl2N2. The lowest BCUT2D eigenvalue weighted by Crippen LogP contribution is -2.12. The van der Waals surface area contributed by atoms with E-state index in [9.17, 15) is 0 Å². The maximum atomic E-state index is 6.24. The third kappa shape index (κ3) is 2.83. The van der Waals surface area contributed by atoms with E-state index in [2.05, 4.69) is 4.98 Å². The van der Waals surface area contributed by atoms with Gasteiger partial charge in [-0.05, 0) is 49.2 Å². The van der Waals surface area contributed by atoms with Crippen molar-refractivity contribution in [1.82, 2.24) is 4.98 Å². The average Bonchev–Trinajstić information content (AvgIpc) is 2.30. The lowest BCUT2D eigenvalue weighted by molar-refractivity contribution is 0.860. The largest absolute Gasteiger partial charge is 0.320 e. The summed E-state index contributed by atoms with van der Waals surface area (Å²) in [5.41, 5.74) is 10.1. The van der Waals surface area contributed by atoms with Gasteiger partial charge >= 0.3 is 0 Å². The number of halogens is 2. The first kappa shape index (κ1) is 13.3. The Bertz CT molecular complexity index is 562. The molecule has 0 spiro atoms. The van der Waals surface area contributed by atoms with Gasteiger partial charge in [-0.3, -0.25) is 4.98 Å². The van der Waals surface area contributed by atoms with Crippen LogP contribution in [0.5, 0.6) is 0 Å². The zero-order chi connectivity index (χ0) is 13.3. The van der Waals surface area contributed by atoms with Crippen molar-refractivity contribution < 1.29 is 0 Å². The van der Waals surface area contributed by atoms with Gasteiger partial charge < -0.3 is 5.73 Å². The van der Waals surface area contributed by atoms with Gasteiger partial charge in [0, 0.05) is 11.4 Å². The van der Waals surface area contributed by atoms with Gasteiger partial charge in [-0.2, -0.15) is 0 Å². The molecule has 0 saturated heterocycles. The highest BCUT2D eigenvalue weighted by Gasteiger charge is 2.11. The number of nitrogens with zero attached hydrogens (tertiary/aromatic N) is 1. The summed E-state index contributed by atoms with van der Waals surface area (Å²) in [5.74, 6) is 0. The second-order valence-electron chi connectivity index (χ2n) is 4.33. The Labute approximate surface area is 117 Å². The van der Waals surface area contributed by atoms with Crippen LogP contribution in [0.15, 0.2) is 30.3 Å². The highest BCUT2D eigenvalue weighted by Crippen LogP contribution is 2.27. The second-order valence-corrected chi connectivity index (χ2v) is 5.15. The van der Waals surface area contributed by atoms with Gasteiger partial charge in [0.25, 0.3) is 0 Å². The first-order valence-corrected chi connectivity index (χ1v) is 6.38. The topological polar surface area (TPSA) is 38.9 Å². The van der Waals surface area contributed by atoms with E-state index in [1.807, 2.05) is 32.0 Å². The lowest BCUT2D eigenvalue weighted by Gasteiger charge is -2.14. The fraction of sp³-hybridized carbons (Fsp3) is 0.214. The van der Waals surface area contributed by atoms with Crippen LogP contribution >= 0.6 is 23.2 Å². The van der Waals surface area contributed by atoms with Crippen LogP contribution in [-0.2, 0) is 0 Å². The zero-order valence-corrected chi connectivity index (χ0v) is 11.8. The molecule has 2 nitrogen and oxygen atoms in total. The number of hydrogen-bond donors (Lipinski definition) is 1. The van der Waals surface area contributed by atoms with Crippen LogP contribution in [0, 0.1) is 13.8 Å². The Morgan fingerprint density at radius 3 is 2.11 bits per heavy atom. The molecule has 1 aromatic carbocycles. The quantitative estimate of drug-likeness (QED) is 0.901. The lowest BCUT2D eigenvalue weighted by atomic mass is 9.99. The molecule has 1 aromatic heterocycles. The molecule has 2 aromatic rings. The fourth-order valence-electron chi connectivity index (χ4n) is 1.94. The summed E-state index contributed by atoms with van der Waals surface area (Å²) in [4.78, 5) is 4.34. The summed E-state index contributed by atoms with van der Waals surface area (Å²) in [7, 11) is 0. The van der Waals surface area contributed by atoms with Crippen LogP contribution in [0.25, 0.3) is 0 Å². The summed E-state index contributed by atoms with van der Waals surface area (Å²) in [5, 5.41) is 1.06. The van der Waals surface area contributed by atoms with E-state index in [1.54, 1.807) is 12.1 Å². The first-order valence-electron chi connectivity index (χ1n) is 5.63. The SMILES string of the molecule is Cc1cc(C(N)c2ccc(Cl)c(Cl)c2)cc(C)n1. The van der Waals surface area contributed by atoms with E-state index in [1.165, 1.54) is 0 Å². The summed E-state index contributed by atoms with van der Waals surface area (Å²) >= 11 is 11.9. The molecule has 1 atom stereocenters. The van der Waals surface area contributed by atoms with Crippen LogP contribution < -0.4 is 5.73 Å². The molecule has 1 heterocycles. The standard InChI is InChI=1S/C14H14Cl2N2/c1-8-5-11(6-9(2)18-8)14(17)10-3-4-12(15)13(16)7-10/h3-7,14H,17H2,1-2H3. The predicted molar refractivity (Wildman–Crippen MR) is 76.2 cm³/mol. The summed E-state index contributed by atoms with van der Waals surface area (Å²) in [6, 6.07) is 9.21. The van der Waals surface area contributed by atoms with E-state index < -0.39 is 0 Å². The molecule has 0 amide bonds. The van der Waals surface area contributed by atoms with Crippen molar-refractivity contribution in [2.45, 2.75) is 19.9 Å². The summed E-state index contributed by atoms with van der Waals surface area (Å²) in [6.45, 7) is 3.91. The minimum Gasteiger partial charge on any atom is -0.320 e. The van der Waals surface area contributed by atoms with Crippen LogP contribution in [0.2, 0.25) is 10.0 Å². The minimum absolute atomic E-state index is 0.222. The Kier molecular flexibility index (Phi) is 3.91. The van der Waals surface area contributed by atoms with E-state index in [0.717, 1.165) is 22.5 Å². The average molecular weight is 281 g/mol. The maximum Gasteiger partial charge on any atom is 0.0595 e. The van der Waals surface area contributed by atoms with E-state index in [4.69, 9.17) is 28.9 Å². The molecular weight excluding hydrogens is 267 g/mol. The van der Waals surface area contributed by atoms with Crippen LogP contribution in [0.1, 0.15) is 28.6 Å². The summed E-state index contributed by atoms with van der Waals surface area (Å²) < 4.78 is 0. The molecule has 0 saturated carbocycles. The molecule has 0 bridgehead atoms. The van der Waals surface area contributed by atoms with Gasteiger partial charge in [-0.1, -0.05) is 29.3 Å². The number of aryl methyl sites for hydroxylation is 2. The van der Waals surface area contributed by atoms with Crippen molar-refractivity contribution >= 4 is 23.2 Å². The van der Waals surface area contributed by atoms with Gasteiger partial charge in [0.15, 0.2) is 0 Å². The predicted octanol–water partition coefficient (Wildman–Crippen LogP) is 4.05. The monoisotopic (exact) mass is 280 g/mol. The number of benzene rings is 1. The normalized spacial score (nSPS) is 12.5. The number of pyridine rings is 1. The molecule has 94 valence electrons. The van der Waals surface area contributed by atoms with Crippen molar-refractivity contribution in [3.05, 3.63) is 62.9 Å². The van der Waals surface area contributed by atoms with Gasteiger partial charge in [-0.15, -0.1) is 0 Å². The molecule has 0 aliphatic heterocycles.